The summed E-state index contributed by atoms with van der Waals surface area (Å²) in [6.07, 6.45) is 1.21. The molecule has 19 heavy (non-hydrogen) atoms. The molecule has 0 saturated heterocycles. The van der Waals surface area contributed by atoms with Crippen molar-refractivity contribution < 1.29 is 19.2 Å². The molecule has 1 atom stereocenters. The van der Waals surface area contributed by atoms with E-state index in [9.17, 15) is 15.2 Å². The standard InChI is InChI=1S/C13H13NO5/c15-11(8-13-2-1-7-18-13)9-19-12-5-3-10(4-6-12)14(16)17/h1-7,11,15H,8-9H2. The van der Waals surface area contributed by atoms with Gasteiger partial charge in [0.25, 0.3) is 5.69 Å². The van der Waals surface area contributed by atoms with Gasteiger partial charge in [0.2, 0.25) is 0 Å². The molecule has 0 spiro atoms. The first-order chi connectivity index (χ1) is 9.15. The molecule has 0 aliphatic rings. The van der Waals surface area contributed by atoms with E-state index < -0.39 is 11.0 Å². The van der Waals surface area contributed by atoms with Gasteiger partial charge < -0.3 is 14.3 Å². The van der Waals surface area contributed by atoms with E-state index in [2.05, 4.69) is 0 Å². The van der Waals surface area contributed by atoms with Gasteiger partial charge in [-0.3, -0.25) is 10.1 Å². The van der Waals surface area contributed by atoms with Gasteiger partial charge >= 0.3 is 0 Å². The summed E-state index contributed by atoms with van der Waals surface area (Å²) >= 11 is 0. The van der Waals surface area contributed by atoms with Crippen LogP contribution in [0.3, 0.4) is 0 Å². The number of rotatable bonds is 6. The van der Waals surface area contributed by atoms with Crippen LogP contribution in [0.15, 0.2) is 47.1 Å². The molecule has 6 nitrogen and oxygen atoms in total. The van der Waals surface area contributed by atoms with Crippen molar-refractivity contribution in [2.75, 3.05) is 6.61 Å². The Morgan fingerprint density at radius 2 is 2.05 bits per heavy atom. The van der Waals surface area contributed by atoms with E-state index in [-0.39, 0.29) is 12.3 Å². The smallest absolute Gasteiger partial charge is 0.269 e. The number of hydrogen-bond acceptors (Lipinski definition) is 5. The molecular weight excluding hydrogens is 250 g/mol. The van der Waals surface area contributed by atoms with Crippen molar-refractivity contribution in [2.24, 2.45) is 0 Å². The highest BCUT2D eigenvalue weighted by molar-refractivity contribution is 5.35. The number of hydrogen-bond donors (Lipinski definition) is 1. The van der Waals surface area contributed by atoms with Crippen LogP contribution < -0.4 is 4.74 Å². The fourth-order valence-corrected chi connectivity index (χ4v) is 1.58. The van der Waals surface area contributed by atoms with Gasteiger partial charge in [-0.2, -0.15) is 0 Å². The highest BCUT2D eigenvalue weighted by Crippen LogP contribution is 2.17. The van der Waals surface area contributed by atoms with Crippen molar-refractivity contribution in [2.45, 2.75) is 12.5 Å². The molecule has 1 aromatic heterocycles. The molecule has 0 saturated carbocycles. The zero-order valence-electron chi connectivity index (χ0n) is 10.1. The second-order valence-electron chi connectivity index (χ2n) is 4.00. The predicted octanol–water partition coefficient (Wildman–Crippen LogP) is 2.17. The third kappa shape index (κ3) is 3.82. The molecule has 1 N–H and O–H groups in total. The molecule has 2 aromatic rings. The molecule has 0 fully saturated rings. The van der Waals surface area contributed by atoms with Gasteiger partial charge in [0.05, 0.1) is 17.3 Å². The van der Waals surface area contributed by atoms with Gasteiger partial charge in [0.15, 0.2) is 0 Å². The molecule has 100 valence electrons. The summed E-state index contributed by atoms with van der Waals surface area (Å²) < 4.78 is 10.4. The Labute approximate surface area is 109 Å². The van der Waals surface area contributed by atoms with E-state index >= 15 is 0 Å². The van der Waals surface area contributed by atoms with Gasteiger partial charge in [0, 0.05) is 18.6 Å². The summed E-state index contributed by atoms with van der Waals surface area (Å²) in [4.78, 5) is 9.99. The van der Waals surface area contributed by atoms with Crippen molar-refractivity contribution >= 4 is 5.69 Å². The third-order valence-electron chi connectivity index (χ3n) is 2.51. The van der Waals surface area contributed by atoms with Gasteiger partial charge in [0.1, 0.15) is 18.1 Å². The van der Waals surface area contributed by atoms with E-state index in [1.807, 2.05) is 0 Å². The number of ether oxygens (including phenoxy) is 1. The minimum atomic E-state index is -0.693. The maximum absolute atomic E-state index is 10.5. The normalized spacial score (nSPS) is 12.1. The third-order valence-corrected chi connectivity index (χ3v) is 2.51. The Bertz CT molecular complexity index is 520. The maximum atomic E-state index is 10.5. The molecule has 0 aliphatic carbocycles. The Morgan fingerprint density at radius 3 is 2.63 bits per heavy atom. The van der Waals surface area contributed by atoms with E-state index in [0.717, 1.165) is 0 Å². The molecule has 2 rings (SSSR count). The highest BCUT2D eigenvalue weighted by Gasteiger charge is 2.09. The monoisotopic (exact) mass is 263 g/mol. The SMILES string of the molecule is O=[N+]([O-])c1ccc(OCC(O)Cc2ccco2)cc1. The van der Waals surface area contributed by atoms with Crippen molar-refractivity contribution in [3.8, 4) is 5.75 Å². The number of nitro groups is 1. The quantitative estimate of drug-likeness (QED) is 0.637. The predicted molar refractivity (Wildman–Crippen MR) is 67.0 cm³/mol. The van der Waals surface area contributed by atoms with Gasteiger partial charge in [-0.05, 0) is 24.3 Å². The molecule has 0 amide bonds. The number of benzene rings is 1. The Kier molecular flexibility index (Phi) is 4.15. The lowest BCUT2D eigenvalue weighted by atomic mass is 10.2. The molecule has 6 heteroatoms. The van der Waals surface area contributed by atoms with Gasteiger partial charge in [-0.25, -0.2) is 0 Å². The first-order valence-corrected chi connectivity index (χ1v) is 5.73. The Hall–Kier alpha value is -2.34. The molecule has 0 aliphatic heterocycles. The van der Waals surface area contributed by atoms with E-state index in [1.54, 1.807) is 18.4 Å². The zero-order chi connectivity index (χ0) is 13.7. The summed E-state index contributed by atoms with van der Waals surface area (Å²) in [7, 11) is 0. The fourth-order valence-electron chi connectivity index (χ4n) is 1.58. The minimum absolute atomic E-state index is 0.00323. The molecule has 1 heterocycles. The van der Waals surface area contributed by atoms with Crippen LogP contribution in [0.4, 0.5) is 5.69 Å². The van der Waals surface area contributed by atoms with Crippen LogP contribution in [0.25, 0.3) is 0 Å². The van der Waals surface area contributed by atoms with Crippen LogP contribution in [-0.2, 0) is 6.42 Å². The maximum Gasteiger partial charge on any atom is 0.269 e. The fraction of sp³-hybridized carbons (Fsp3) is 0.231. The second kappa shape index (κ2) is 6.01. The van der Waals surface area contributed by atoms with E-state index in [0.29, 0.717) is 17.9 Å². The molecular formula is C13H13NO5. The number of nitrogens with zero attached hydrogens (tertiary/aromatic N) is 1. The van der Waals surface area contributed by atoms with Crippen LogP contribution >= 0.6 is 0 Å². The number of furan rings is 1. The van der Waals surface area contributed by atoms with Crippen molar-refractivity contribution in [1.82, 2.24) is 0 Å². The van der Waals surface area contributed by atoms with E-state index in [1.165, 1.54) is 24.3 Å². The number of non-ortho nitro benzene ring substituents is 1. The Balaban J connectivity index is 1.83. The average molecular weight is 263 g/mol. The molecule has 1 aromatic carbocycles. The zero-order valence-corrected chi connectivity index (χ0v) is 10.1. The minimum Gasteiger partial charge on any atom is -0.491 e. The summed E-state index contributed by atoms with van der Waals surface area (Å²) in [6.45, 7) is 0.0957. The van der Waals surface area contributed by atoms with Crippen LogP contribution in [0.1, 0.15) is 5.76 Å². The lowest BCUT2D eigenvalue weighted by molar-refractivity contribution is -0.384. The van der Waals surface area contributed by atoms with Crippen LogP contribution in [0, 0.1) is 10.1 Å². The van der Waals surface area contributed by atoms with Crippen molar-refractivity contribution in [3.63, 3.8) is 0 Å². The number of aliphatic hydroxyl groups is 1. The van der Waals surface area contributed by atoms with Gasteiger partial charge in [-0.15, -0.1) is 0 Å². The first kappa shape index (κ1) is 13.1. The number of aliphatic hydroxyl groups excluding tert-OH is 1. The Morgan fingerprint density at radius 1 is 1.32 bits per heavy atom. The topological polar surface area (TPSA) is 85.7 Å². The summed E-state index contributed by atoms with van der Waals surface area (Å²) in [5, 5.41) is 20.2. The summed E-state index contributed by atoms with van der Waals surface area (Å²) in [5.74, 6) is 1.16. The molecule has 1 unspecified atom stereocenters. The first-order valence-electron chi connectivity index (χ1n) is 5.73. The highest BCUT2D eigenvalue weighted by atomic mass is 16.6. The number of nitro benzene ring substituents is 1. The lowest BCUT2D eigenvalue weighted by Gasteiger charge is -2.10. The summed E-state index contributed by atoms with van der Waals surface area (Å²) in [6, 6.07) is 9.23. The average Bonchev–Trinajstić information content (AvgIpc) is 2.89. The van der Waals surface area contributed by atoms with Crippen LogP contribution in [0.5, 0.6) is 5.75 Å². The van der Waals surface area contributed by atoms with Crippen LogP contribution in [-0.4, -0.2) is 22.7 Å². The van der Waals surface area contributed by atoms with E-state index in [4.69, 9.17) is 9.15 Å². The van der Waals surface area contributed by atoms with Gasteiger partial charge in [-0.1, -0.05) is 0 Å². The summed E-state index contributed by atoms with van der Waals surface area (Å²) in [5.41, 5.74) is 0.00323. The largest absolute Gasteiger partial charge is 0.491 e. The van der Waals surface area contributed by atoms with Crippen molar-refractivity contribution in [3.05, 3.63) is 58.5 Å². The molecule has 0 bridgehead atoms. The van der Waals surface area contributed by atoms with Crippen molar-refractivity contribution in [1.29, 1.82) is 0 Å². The second-order valence-corrected chi connectivity index (χ2v) is 4.00. The lowest BCUT2D eigenvalue weighted by Crippen LogP contribution is -2.19. The molecule has 0 radical (unpaired) electrons. The van der Waals surface area contributed by atoms with Crippen LogP contribution in [0.2, 0.25) is 0 Å².